The monoisotopic (exact) mass is 238 g/mol. The third-order valence-corrected chi connectivity index (χ3v) is 3.95. The summed E-state index contributed by atoms with van der Waals surface area (Å²) in [7, 11) is 4.05. The lowest BCUT2D eigenvalue weighted by Crippen LogP contribution is -2.32. The number of thioether (sulfide) groups is 1. The predicted octanol–water partition coefficient (Wildman–Crippen LogP) is 0.644. The van der Waals surface area contributed by atoms with Crippen molar-refractivity contribution >= 4 is 23.3 Å². The molecule has 4 nitrogen and oxygen atoms in total. The Hall–Kier alpha value is -0.810. The Morgan fingerprint density at radius 2 is 2.44 bits per heavy atom. The first-order valence-corrected chi connectivity index (χ1v) is 6.27. The van der Waals surface area contributed by atoms with Gasteiger partial charge in [0.25, 0.3) is 0 Å². The number of nitrogens with two attached hydrogens (primary N) is 1. The summed E-state index contributed by atoms with van der Waals surface area (Å²) < 4.78 is 0. The van der Waals surface area contributed by atoms with Crippen LogP contribution in [0, 0.1) is 11.3 Å². The topological polar surface area (TPSA) is 58.7 Å². The van der Waals surface area contributed by atoms with Crippen molar-refractivity contribution in [2.24, 2.45) is 16.6 Å². The molecule has 0 saturated carbocycles. The lowest BCUT2D eigenvalue weighted by molar-refractivity contribution is -0.111. The summed E-state index contributed by atoms with van der Waals surface area (Å²) in [5.41, 5.74) is 7.22. The summed E-state index contributed by atoms with van der Waals surface area (Å²) in [5, 5.41) is 3.42. The fraction of sp³-hybridized carbons (Fsp3) is 0.636. The molecule has 0 aromatic rings. The average Bonchev–Trinajstić information content (AvgIpc) is 2.70. The van der Waals surface area contributed by atoms with Crippen molar-refractivity contribution in [1.82, 2.24) is 4.90 Å². The number of aliphatic imine (C=N–C) groups is 1. The van der Waals surface area contributed by atoms with Crippen LogP contribution in [-0.2, 0) is 4.79 Å². The molecule has 0 aliphatic carbocycles. The number of ketones is 1. The van der Waals surface area contributed by atoms with Crippen molar-refractivity contribution in [1.29, 1.82) is 0 Å². The highest BCUT2D eigenvalue weighted by molar-refractivity contribution is 8.01. The van der Waals surface area contributed by atoms with E-state index in [1.165, 1.54) is 5.70 Å². The van der Waals surface area contributed by atoms with E-state index < -0.39 is 0 Å². The van der Waals surface area contributed by atoms with Gasteiger partial charge in [-0.2, -0.15) is 0 Å². The van der Waals surface area contributed by atoms with Crippen molar-refractivity contribution in [3.8, 4) is 0 Å². The molecule has 2 aliphatic rings. The fourth-order valence-corrected chi connectivity index (χ4v) is 3.26. The Morgan fingerprint density at radius 3 is 3.06 bits per heavy atom. The minimum absolute atomic E-state index is 0.0163. The lowest BCUT2D eigenvalue weighted by Gasteiger charge is -2.27. The van der Waals surface area contributed by atoms with Crippen LogP contribution in [0.2, 0.25) is 0 Å². The molecule has 0 fully saturated rings. The molecule has 0 saturated heterocycles. The maximum absolute atomic E-state index is 11.5. The highest BCUT2D eigenvalue weighted by Crippen LogP contribution is 2.41. The van der Waals surface area contributed by atoms with Gasteiger partial charge in [-0.05, 0) is 12.8 Å². The van der Waals surface area contributed by atoms with E-state index in [4.69, 9.17) is 5.73 Å². The van der Waals surface area contributed by atoms with Crippen molar-refractivity contribution in [2.45, 2.75) is 18.2 Å². The highest BCUT2D eigenvalue weighted by Gasteiger charge is 2.35. The van der Waals surface area contributed by atoms with Crippen LogP contribution in [0.15, 0.2) is 10.7 Å². The first kappa shape index (κ1) is 11.7. The SMILES string of the molecule is CN(C)C1=[C]SC2N=C(C(=O)CN)CCC12. The quantitative estimate of drug-likeness (QED) is 0.784. The molecule has 2 aliphatic heterocycles. The van der Waals surface area contributed by atoms with Gasteiger partial charge in [0.1, 0.15) is 5.37 Å². The molecule has 2 N–H and O–H groups in total. The van der Waals surface area contributed by atoms with E-state index in [0.29, 0.717) is 11.6 Å². The summed E-state index contributed by atoms with van der Waals surface area (Å²) in [6.45, 7) is 0.0680. The second-order valence-electron chi connectivity index (χ2n) is 4.24. The molecule has 1 radical (unpaired) electrons. The van der Waals surface area contributed by atoms with Crippen LogP contribution in [0.5, 0.6) is 0 Å². The molecular weight excluding hydrogens is 222 g/mol. The lowest BCUT2D eigenvalue weighted by atomic mass is 9.93. The van der Waals surface area contributed by atoms with Crippen LogP contribution < -0.4 is 5.73 Å². The molecule has 0 aromatic carbocycles. The van der Waals surface area contributed by atoms with Gasteiger partial charge in [0, 0.05) is 31.1 Å². The van der Waals surface area contributed by atoms with Crippen LogP contribution in [-0.4, -0.2) is 42.4 Å². The molecule has 0 spiro atoms. The van der Waals surface area contributed by atoms with E-state index in [2.05, 4.69) is 15.3 Å². The zero-order valence-electron chi connectivity index (χ0n) is 9.56. The van der Waals surface area contributed by atoms with Crippen LogP contribution in [0.3, 0.4) is 0 Å². The van der Waals surface area contributed by atoms with Crippen LogP contribution in [0.1, 0.15) is 12.8 Å². The van der Waals surface area contributed by atoms with Gasteiger partial charge in [0.05, 0.1) is 12.3 Å². The Morgan fingerprint density at radius 1 is 1.69 bits per heavy atom. The molecular formula is C11H16N3OS. The number of fused-ring (bicyclic) bond motifs is 1. The molecule has 16 heavy (non-hydrogen) atoms. The summed E-state index contributed by atoms with van der Waals surface area (Å²) in [6.07, 6.45) is 1.72. The van der Waals surface area contributed by atoms with Gasteiger partial charge < -0.3 is 10.6 Å². The summed E-state index contributed by atoms with van der Waals surface area (Å²) in [5.74, 6) is 0.395. The fourth-order valence-electron chi connectivity index (χ4n) is 2.07. The van der Waals surface area contributed by atoms with Crippen molar-refractivity contribution in [2.75, 3.05) is 20.6 Å². The first-order valence-electron chi connectivity index (χ1n) is 5.39. The first-order chi connectivity index (χ1) is 7.63. The van der Waals surface area contributed by atoms with Gasteiger partial charge in [-0.3, -0.25) is 9.79 Å². The van der Waals surface area contributed by atoms with E-state index in [-0.39, 0.29) is 17.7 Å². The van der Waals surface area contributed by atoms with E-state index in [1.54, 1.807) is 11.8 Å². The Kier molecular flexibility index (Phi) is 3.35. The molecule has 0 bridgehead atoms. The zero-order valence-corrected chi connectivity index (χ0v) is 10.4. The van der Waals surface area contributed by atoms with Crippen molar-refractivity contribution in [3.05, 3.63) is 11.1 Å². The Bertz CT molecular complexity index is 362. The van der Waals surface area contributed by atoms with Crippen LogP contribution in [0.4, 0.5) is 0 Å². The molecule has 2 atom stereocenters. The van der Waals surface area contributed by atoms with Gasteiger partial charge in [-0.1, -0.05) is 11.8 Å². The number of hydrogen-bond acceptors (Lipinski definition) is 5. The molecule has 5 heteroatoms. The third kappa shape index (κ3) is 2.01. The summed E-state index contributed by atoms with van der Waals surface area (Å²) in [4.78, 5) is 18.0. The smallest absolute Gasteiger partial charge is 0.190 e. The summed E-state index contributed by atoms with van der Waals surface area (Å²) in [6, 6.07) is 0. The molecule has 87 valence electrons. The van der Waals surface area contributed by atoms with Crippen molar-refractivity contribution in [3.63, 3.8) is 0 Å². The highest BCUT2D eigenvalue weighted by atomic mass is 32.2. The van der Waals surface area contributed by atoms with E-state index in [1.807, 2.05) is 14.1 Å². The largest absolute Gasteiger partial charge is 0.380 e. The third-order valence-electron chi connectivity index (χ3n) is 2.94. The molecule has 2 heterocycles. The standard InChI is InChI=1S/C11H16N3OS/c1-14(2)9-6-16-11-7(9)3-4-8(13-11)10(15)5-12/h7,11H,3-5,12H2,1-2H3. The molecule has 2 unspecified atom stereocenters. The Balaban J connectivity index is 2.12. The number of carbonyl (C=O) groups excluding carboxylic acids is 1. The average molecular weight is 238 g/mol. The number of Topliss-reactive ketones (excluding diaryl/α,β-unsaturated/α-hetero) is 1. The van der Waals surface area contributed by atoms with Gasteiger partial charge >= 0.3 is 0 Å². The number of hydrogen-bond donors (Lipinski definition) is 1. The zero-order chi connectivity index (χ0) is 11.7. The minimum atomic E-state index is -0.0163. The maximum Gasteiger partial charge on any atom is 0.190 e. The van der Waals surface area contributed by atoms with Crippen LogP contribution >= 0.6 is 11.8 Å². The van der Waals surface area contributed by atoms with E-state index in [9.17, 15) is 4.79 Å². The van der Waals surface area contributed by atoms with E-state index >= 15 is 0 Å². The maximum atomic E-state index is 11.5. The van der Waals surface area contributed by atoms with Crippen LogP contribution in [0.25, 0.3) is 0 Å². The molecule has 0 aromatic heterocycles. The normalized spacial score (nSPS) is 28.2. The second-order valence-corrected chi connectivity index (χ2v) is 5.16. The summed E-state index contributed by atoms with van der Waals surface area (Å²) >= 11 is 1.59. The van der Waals surface area contributed by atoms with Gasteiger partial charge in [-0.15, -0.1) is 0 Å². The minimum Gasteiger partial charge on any atom is -0.380 e. The predicted molar refractivity (Wildman–Crippen MR) is 66.0 cm³/mol. The number of nitrogens with zero attached hydrogens (tertiary/aromatic N) is 2. The molecule has 2 rings (SSSR count). The number of carbonyl (C=O) groups is 1. The van der Waals surface area contributed by atoms with Gasteiger partial charge in [0.15, 0.2) is 5.78 Å². The second kappa shape index (κ2) is 4.59. The molecule has 0 amide bonds. The van der Waals surface area contributed by atoms with Gasteiger partial charge in [-0.25, -0.2) is 0 Å². The Labute approximate surface area is 100.0 Å². The van der Waals surface area contributed by atoms with Crippen molar-refractivity contribution < 1.29 is 4.79 Å². The number of rotatable bonds is 3. The van der Waals surface area contributed by atoms with Gasteiger partial charge in [0.2, 0.25) is 0 Å². The van der Waals surface area contributed by atoms with E-state index in [0.717, 1.165) is 12.8 Å².